The number of nitrogens with zero attached hydrogens (tertiary/aromatic N) is 4. The molecule has 3 aliphatic heterocycles. The Morgan fingerprint density at radius 1 is 1.19 bits per heavy atom. The number of nitrogens with two attached hydrogens (primary N) is 1. The van der Waals surface area contributed by atoms with Crippen LogP contribution in [0, 0.1) is 12.3 Å². The van der Waals surface area contributed by atoms with E-state index in [1.165, 1.54) is 16.2 Å². The molecule has 0 radical (unpaired) electrons. The average molecular weight is 527 g/mol. The maximum Gasteiger partial charge on any atom is 0.317 e. The summed E-state index contributed by atoms with van der Waals surface area (Å²) in [5, 5.41) is 3.74. The molecule has 3 fully saturated rings. The molecule has 5 rings (SSSR count). The molecule has 5 amide bonds. The van der Waals surface area contributed by atoms with Crippen LogP contribution in [-0.2, 0) is 9.59 Å². The van der Waals surface area contributed by atoms with Gasteiger partial charge in [-0.05, 0) is 65.1 Å². The van der Waals surface area contributed by atoms with Gasteiger partial charge in [-0.15, -0.1) is 0 Å². The summed E-state index contributed by atoms with van der Waals surface area (Å²) in [5.41, 5.74) is 6.03. The van der Waals surface area contributed by atoms with E-state index in [9.17, 15) is 19.2 Å². The van der Waals surface area contributed by atoms with Crippen LogP contribution in [0.15, 0.2) is 12.1 Å². The fraction of sp³-hybridized carbons (Fsp3) is 0.577. The van der Waals surface area contributed by atoms with E-state index < -0.39 is 11.4 Å². The summed E-state index contributed by atoms with van der Waals surface area (Å²) >= 11 is 1.25. The molecule has 198 valence electrons. The van der Waals surface area contributed by atoms with E-state index in [-0.39, 0.29) is 29.8 Å². The van der Waals surface area contributed by atoms with Crippen LogP contribution in [0.25, 0.3) is 10.2 Å². The van der Waals surface area contributed by atoms with Crippen LogP contribution in [0.2, 0.25) is 0 Å². The Labute approximate surface area is 220 Å². The number of primary amides is 1. The van der Waals surface area contributed by atoms with Gasteiger partial charge in [-0.1, -0.05) is 11.3 Å². The van der Waals surface area contributed by atoms with Crippen molar-refractivity contribution in [2.75, 3.05) is 31.5 Å². The third-order valence-corrected chi connectivity index (χ3v) is 8.98. The number of pyridine rings is 1. The molecule has 0 saturated carbocycles. The predicted octanol–water partition coefficient (Wildman–Crippen LogP) is 2.95. The Bertz CT molecular complexity index is 1270. The quantitative estimate of drug-likeness (QED) is 0.590. The van der Waals surface area contributed by atoms with E-state index >= 15 is 0 Å². The number of carbonyl (C=O) groups excluding carboxylic acids is 4. The SMILES string of the molecule is Cc1ccc2c(C(=O)N3CCC(N4CCCC5(CC(=O)N(C(C)C)C5=O)C4)CC3)c(NC(N)=O)sc2n1. The van der Waals surface area contributed by atoms with Crippen LogP contribution < -0.4 is 11.1 Å². The number of fused-ring (bicyclic) bond motifs is 1. The molecule has 1 unspecified atom stereocenters. The van der Waals surface area contributed by atoms with Gasteiger partial charge >= 0.3 is 6.03 Å². The standard InChI is InChI=1S/C26H34N6O4S/c1-15(2)32-19(33)13-26(24(32)35)9-4-10-31(14-26)17-7-11-30(12-8-17)23(34)20-18-6-5-16(3)28-21(18)37-22(20)29-25(27)36/h5-6,15,17H,4,7-14H2,1-3H3,(H3,27,29,36). The molecule has 3 saturated heterocycles. The highest BCUT2D eigenvalue weighted by Gasteiger charge is 2.54. The molecule has 1 atom stereocenters. The molecule has 1 spiro atoms. The van der Waals surface area contributed by atoms with E-state index in [4.69, 9.17) is 5.73 Å². The number of anilines is 1. The van der Waals surface area contributed by atoms with E-state index in [2.05, 4.69) is 15.2 Å². The fourth-order valence-electron chi connectivity index (χ4n) is 6.21. The lowest BCUT2D eigenvalue weighted by molar-refractivity contribution is -0.145. The van der Waals surface area contributed by atoms with Crippen LogP contribution in [0.1, 0.15) is 62.0 Å². The van der Waals surface area contributed by atoms with E-state index in [1.54, 1.807) is 0 Å². The molecule has 2 aromatic rings. The number of hydrogen-bond acceptors (Lipinski definition) is 7. The second kappa shape index (κ2) is 9.68. The Morgan fingerprint density at radius 2 is 1.92 bits per heavy atom. The molecular weight excluding hydrogens is 492 g/mol. The zero-order valence-electron chi connectivity index (χ0n) is 21.6. The minimum absolute atomic E-state index is 0.0209. The van der Waals surface area contributed by atoms with E-state index in [0.717, 1.165) is 37.9 Å². The van der Waals surface area contributed by atoms with Gasteiger partial charge in [0.05, 0.1) is 11.0 Å². The Balaban J connectivity index is 1.29. The van der Waals surface area contributed by atoms with Crippen molar-refractivity contribution in [1.82, 2.24) is 19.7 Å². The zero-order valence-corrected chi connectivity index (χ0v) is 22.4. The van der Waals surface area contributed by atoms with E-state index in [1.807, 2.05) is 37.8 Å². The number of rotatable bonds is 4. The summed E-state index contributed by atoms with van der Waals surface area (Å²) in [6.07, 6.45) is 3.51. The van der Waals surface area contributed by atoms with Crippen molar-refractivity contribution < 1.29 is 19.2 Å². The lowest BCUT2D eigenvalue weighted by atomic mass is 9.77. The lowest BCUT2D eigenvalue weighted by Crippen LogP contribution is -2.54. The van der Waals surface area contributed by atoms with Crippen LogP contribution >= 0.6 is 11.3 Å². The second-order valence-corrected chi connectivity index (χ2v) is 11.8. The number of urea groups is 1. The van der Waals surface area contributed by atoms with Crippen molar-refractivity contribution in [3.8, 4) is 0 Å². The first-order chi connectivity index (χ1) is 17.6. The summed E-state index contributed by atoms with van der Waals surface area (Å²) in [4.78, 5) is 62.0. The number of aryl methyl sites for hydroxylation is 1. The van der Waals surface area contributed by atoms with Gasteiger partial charge in [0.1, 0.15) is 9.83 Å². The molecule has 11 heteroatoms. The number of carbonyl (C=O) groups is 4. The summed E-state index contributed by atoms with van der Waals surface area (Å²) < 4.78 is 0. The maximum absolute atomic E-state index is 13.6. The summed E-state index contributed by atoms with van der Waals surface area (Å²) in [5.74, 6) is -0.221. The molecular formula is C26H34N6O4S. The minimum Gasteiger partial charge on any atom is -0.351 e. The molecule has 37 heavy (non-hydrogen) atoms. The molecule has 3 aliphatic rings. The molecule has 3 N–H and O–H groups in total. The van der Waals surface area contributed by atoms with Gasteiger partial charge in [0.25, 0.3) is 5.91 Å². The monoisotopic (exact) mass is 526 g/mol. The molecule has 10 nitrogen and oxygen atoms in total. The third-order valence-electron chi connectivity index (χ3n) is 7.97. The first-order valence-corrected chi connectivity index (χ1v) is 13.8. The highest BCUT2D eigenvalue weighted by molar-refractivity contribution is 7.23. The largest absolute Gasteiger partial charge is 0.351 e. The van der Waals surface area contributed by atoms with E-state index in [0.29, 0.717) is 46.8 Å². The smallest absolute Gasteiger partial charge is 0.317 e. The topological polar surface area (TPSA) is 129 Å². The molecule has 5 heterocycles. The van der Waals surface area contributed by atoms with Crippen LogP contribution in [0.5, 0.6) is 0 Å². The number of amides is 5. The third kappa shape index (κ3) is 4.59. The first kappa shape index (κ1) is 25.6. The Kier molecular flexibility index (Phi) is 6.70. The molecule has 0 aliphatic carbocycles. The maximum atomic E-state index is 13.6. The predicted molar refractivity (Wildman–Crippen MR) is 141 cm³/mol. The normalized spacial score (nSPS) is 23.6. The van der Waals surface area contributed by atoms with Crippen molar-refractivity contribution in [1.29, 1.82) is 0 Å². The highest BCUT2D eigenvalue weighted by atomic mass is 32.1. The van der Waals surface area contributed by atoms with Crippen molar-refractivity contribution in [3.05, 3.63) is 23.4 Å². The number of likely N-dealkylation sites (tertiary alicyclic amines) is 3. The molecule has 2 aromatic heterocycles. The number of thiophene rings is 1. The van der Waals surface area contributed by atoms with Crippen LogP contribution in [0.4, 0.5) is 9.80 Å². The zero-order chi connectivity index (χ0) is 26.5. The highest BCUT2D eigenvalue weighted by Crippen LogP contribution is 2.43. The van der Waals surface area contributed by atoms with Gasteiger partial charge in [0.15, 0.2) is 0 Å². The molecule has 0 bridgehead atoms. The van der Waals surface area contributed by atoms with Gasteiger partial charge in [0.2, 0.25) is 11.8 Å². The van der Waals surface area contributed by atoms with Crippen molar-refractivity contribution >= 4 is 50.3 Å². The van der Waals surface area contributed by atoms with Gasteiger partial charge in [0, 0.05) is 49.2 Å². The van der Waals surface area contributed by atoms with Crippen molar-refractivity contribution in [2.45, 2.75) is 65.0 Å². The Morgan fingerprint density at radius 3 is 2.57 bits per heavy atom. The number of piperidine rings is 2. The summed E-state index contributed by atoms with van der Waals surface area (Å²) in [6.45, 7) is 8.31. The number of nitrogens with one attached hydrogen (secondary N) is 1. The van der Waals surface area contributed by atoms with Gasteiger partial charge in [-0.3, -0.25) is 29.5 Å². The summed E-state index contributed by atoms with van der Waals surface area (Å²) in [6, 6.07) is 3.14. The average Bonchev–Trinajstić information content (AvgIpc) is 3.30. The Hall–Kier alpha value is -3.05. The lowest BCUT2D eigenvalue weighted by Gasteiger charge is -2.45. The molecule has 0 aromatic carbocycles. The fourth-order valence-corrected chi connectivity index (χ4v) is 7.33. The second-order valence-electron chi connectivity index (χ2n) is 10.8. The minimum atomic E-state index is -0.717. The van der Waals surface area contributed by atoms with Gasteiger partial charge in [-0.25, -0.2) is 9.78 Å². The van der Waals surface area contributed by atoms with Crippen LogP contribution in [0.3, 0.4) is 0 Å². The number of hydrogen-bond donors (Lipinski definition) is 2. The van der Waals surface area contributed by atoms with Gasteiger partial charge in [-0.2, -0.15) is 0 Å². The number of aromatic nitrogens is 1. The first-order valence-electron chi connectivity index (χ1n) is 13.0. The van der Waals surface area contributed by atoms with Crippen molar-refractivity contribution in [3.63, 3.8) is 0 Å². The van der Waals surface area contributed by atoms with Crippen molar-refractivity contribution in [2.24, 2.45) is 11.1 Å². The summed E-state index contributed by atoms with van der Waals surface area (Å²) in [7, 11) is 0. The van der Waals surface area contributed by atoms with Crippen LogP contribution in [-0.4, -0.2) is 81.7 Å². The number of imide groups is 1. The van der Waals surface area contributed by atoms with Gasteiger partial charge < -0.3 is 10.6 Å².